The first-order valence-corrected chi connectivity index (χ1v) is 14.3. The van der Waals surface area contributed by atoms with Crippen molar-refractivity contribution in [3.8, 4) is 11.5 Å². The summed E-state index contributed by atoms with van der Waals surface area (Å²) in [6.45, 7) is 4.50. The van der Waals surface area contributed by atoms with Crippen molar-refractivity contribution in [2.24, 2.45) is 5.10 Å². The number of amides is 1. The minimum atomic E-state index is -3.74. The molecule has 4 aromatic rings. The Bertz CT molecular complexity index is 1620. The third-order valence-electron chi connectivity index (χ3n) is 5.76. The fraction of sp³-hybridized carbons (Fsp3) is 0.129. The number of hydrogen-bond donors (Lipinski definition) is 2. The fourth-order valence-electron chi connectivity index (χ4n) is 3.55. The van der Waals surface area contributed by atoms with Gasteiger partial charge in [-0.15, -0.1) is 0 Å². The smallest absolute Gasteiger partial charge is 0.343 e. The first-order chi connectivity index (χ1) is 19.7. The lowest BCUT2D eigenvalue weighted by atomic mass is 10.2. The van der Waals surface area contributed by atoms with Crippen LogP contribution in [-0.2, 0) is 10.0 Å². The van der Waals surface area contributed by atoms with E-state index in [2.05, 4.69) is 15.2 Å². The molecule has 0 radical (unpaired) electrons. The Morgan fingerprint density at radius 2 is 1.41 bits per heavy atom. The van der Waals surface area contributed by atoms with Crippen molar-refractivity contribution in [3.63, 3.8) is 0 Å². The van der Waals surface area contributed by atoms with Gasteiger partial charge in [-0.3, -0.25) is 9.52 Å². The lowest BCUT2D eigenvalue weighted by Gasteiger charge is -2.09. The van der Waals surface area contributed by atoms with E-state index in [0.29, 0.717) is 40.5 Å². The molecule has 0 aliphatic rings. The number of carbonyl (C=O) groups excluding carboxylic acids is 2. The maximum atomic E-state index is 12.5. The van der Waals surface area contributed by atoms with Gasteiger partial charge in [-0.05, 0) is 104 Å². The molecule has 0 unspecified atom stereocenters. The van der Waals surface area contributed by atoms with Gasteiger partial charge < -0.3 is 9.47 Å². The second kappa shape index (κ2) is 13.4. The van der Waals surface area contributed by atoms with E-state index in [4.69, 9.17) is 9.47 Å². The maximum absolute atomic E-state index is 12.5. The summed E-state index contributed by atoms with van der Waals surface area (Å²) in [6.07, 6.45) is 2.34. The average molecular weight is 572 g/mol. The first-order valence-electron chi connectivity index (χ1n) is 12.8. The second-order valence-corrected chi connectivity index (χ2v) is 10.7. The zero-order valence-electron chi connectivity index (χ0n) is 22.5. The number of nitrogens with zero attached hydrogens (tertiary/aromatic N) is 1. The number of aryl methyl sites for hydroxylation is 1. The van der Waals surface area contributed by atoms with Gasteiger partial charge in [0.1, 0.15) is 11.5 Å². The Morgan fingerprint density at radius 3 is 2.05 bits per heavy atom. The highest BCUT2D eigenvalue weighted by Crippen LogP contribution is 2.18. The average Bonchev–Trinajstić information content (AvgIpc) is 2.97. The van der Waals surface area contributed by atoms with Crippen molar-refractivity contribution in [1.29, 1.82) is 0 Å². The SMILES string of the molecule is CCCOc1ccc(C(=O)Oc2ccc(C=NNC(=O)c3ccc(NS(=O)(=O)c4ccc(C)cc4)cc3)cc2)cc1. The Kier molecular flexibility index (Phi) is 9.49. The first kappa shape index (κ1) is 29.0. The van der Waals surface area contributed by atoms with Crippen LogP contribution in [0.25, 0.3) is 0 Å². The summed E-state index contributed by atoms with van der Waals surface area (Å²) in [5.74, 6) is 0.0959. The number of esters is 1. The normalized spacial score (nSPS) is 11.2. The molecule has 4 rings (SSSR count). The van der Waals surface area contributed by atoms with Gasteiger partial charge in [0.05, 0.1) is 23.3 Å². The summed E-state index contributed by atoms with van der Waals surface area (Å²) < 4.78 is 38.5. The van der Waals surface area contributed by atoms with Crippen molar-refractivity contribution in [2.45, 2.75) is 25.2 Å². The summed E-state index contributed by atoms with van der Waals surface area (Å²) in [4.78, 5) is 25.0. The van der Waals surface area contributed by atoms with Crippen molar-refractivity contribution in [2.75, 3.05) is 11.3 Å². The van der Waals surface area contributed by atoms with Crippen LogP contribution in [0.1, 0.15) is 45.2 Å². The van der Waals surface area contributed by atoms with Crippen LogP contribution >= 0.6 is 0 Å². The molecule has 0 aromatic heterocycles. The molecule has 0 spiro atoms. The number of hydrogen-bond acceptors (Lipinski definition) is 7. The lowest BCUT2D eigenvalue weighted by molar-refractivity contribution is 0.0734. The molecule has 0 fully saturated rings. The van der Waals surface area contributed by atoms with E-state index >= 15 is 0 Å². The summed E-state index contributed by atoms with van der Waals surface area (Å²) in [7, 11) is -3.74. The summed E-state index contributed by atoms with van der Waals surface area (Å²) in [5, 5.41) is 3.96. The van der Waals surface area contributed by atoms with E-state index in [1.54, 1.807) is 60.7 Å². The molecule has 0 aliphatic carbocycles. The number of benzene rings is 4. The third kappa shape index (κ3) is 8.26. The van der Waals surface area contributed by atoms with Crippen molar-refractivity contribution in [1.82, 2.24) is 5.43 Å². The van der Waals surface area contributed by atoms with Crippen LogP contribution in [0, 0.1) is 6.92 Å². The Balaban J connectivity index is 1.27. The second-order valence-electron chi connectivity index (χ2n) is 9.03. The van der Waals surface area contributed by atoms with E-state index in [-0.39, 0.29) is 4.90 Å². The summed E-state index contributed by atoms with van der Waals surface area (Å²) >= 11 is 0. The minimum Gasteiger partial charge on any atom is -0.494 e. The van der Waals surface area contributed by atoms with Gasteiger partial charge >= 0.3 is 5.97 Å². The predicted molar refractivity (Wildman–Crippen MR) is 157 cm³/mol. The number of carbonyl (C=O) groups is 2. The number of rotatable bonds is 11. The van der Waals surface area contributed by atoms with Crippen LogP contribution in [0.4, 0.5) is 5.69 Å². The minimum absolute atomic E-state index is 0.147. The van der Waals surface area contributed by atoms with Crippen LogP contribution in [-0.4, -0.2) is 33.1 Å². The van der Waals surface area contributed by atoms with Crippen LogP contribution < -0.4 is 19.6 Å². The van der Waals surface area contributed by atoms with Gasteiger partial charge in [-0.1, -0.05) is 24.6 Å². The van der Waals surface area contributed by atoms with E-state index in [1.807, 2.05) is 13.8 Å². The molecule has 0 atom stereocenters. The molecular formula is C31H29N3O6S. The highest BCUT2D eigenvalue weighted by molar-refractivity contribution is 7.92. The van der Waals surface area contributed by atoms with Gasteiger partial charge in [0.15, 0.2) is 0 Å². The molecule has 2 N–H and O–H groups in total. The van der Waals surface area contributed by atoms with Crippen molar-refractivity contribution in [3.05, 3.63) is 119 Å². The molecule has 10 heteroatoms. The van der Waals surface area contributed by atoms with Gasteiger partial charge in [-0.25, -0.2) is 18.6 Å². The number of ether oxygens (including phenoxy) is 2. The number of sulfonamides is 1. The predicted octanol–water partition coefficient (Wildman–Crippen LogP) is 5.57. The molecule has 0 bridgehead atoms. The number of anilines is 1. The van der Waals surface area contributed by atoms with Crippen molar-refractivity contribution < 1.29 is 27.5 Å². The fourth-order valence-corrected chi connectivity index (χ4v) is 4.60. The zero-order valence-corrected chi connectivity index (χ0v) is 23.4. The number of hydrazone groups is 1. The molecule has 9 nitrogen and oxygen atoms in total. The van der Waals surface area contributed by atoms with Crippen LogP contribution in [0.3, 0.4) is 0 Å². The molecule has 0 saturated heterocycles. The lowest BCUT2D eigenvalue weighted by Crippen LogP contribution is -2.18. The largest absolute Gasteiger partial charge is 0.494 e. The van der Waals surface area contributed by atoms with Gasteiger partial charge in [0.2, 0.25) is 0 Å². The van der Waals surface area contributed by atoms with Crippen LogP contribution in [0.5, 0.6) is 11.5 Å². The molecular weight excluding hydrogens is 542 g/mol. The van der Waals surface area contributed by atoms with Gasteiger partial charge in [0.25, 0.3) is 15.9 Å². The Morgan fingerprint density at radius 1 is 0.805 bits per heavy atom. The monoisotopic (exact) mass is 571 g/mol. The topological polar surface area (TPSA) is 123 Å². The standard InChI is InChI=1S/C31H29N3O6S/c1-3-20-39-27-16-10-25(11-17-27)31(36)40-28-14-6-23(7-15-28)21-32-33-30(35)24-8-12-26(13-9-24)34-41(37,38)29-18-4-22(2)5-19-29/h4-19,21,34H,3,20H2,1-2H3,(H,33,35). The highest BCUT2D eigenvalue weighted by atomic mass is 32.2. The molecule has 0 aliphatic heterocycles. The molecule has 41 heavy (non-hydrogen) atoms. The van der Waals surface area contributed by atoms with E-state index in [1.165, 1.54) is 42.6 Å². The molecule has 0 saturated carbocycles. The third-order valence-corrected chi connectivity index (χ3v) is 7.16. The van der Waals surface area contributed by atoms with Crippen LogP contribution in [0.15, 0.2) is 107 Å². The van der Waals surface area contributed by atoms with Gasteiger partial charge in [-0.2, -0.15) is 5.10 Å². The Labute approximate surface area is 238 Å². The maximum Gasteiger partial charge on any atom is 0.343 e. The Hall–Kier alpha value is -4.96. The summed E-state index contributed by atoms with van der Waals surface area (Å²) in [6, 6.07) is 25.8. The zero-order chi connectivity index (χ0) is 29.2. The van der Waals surface area contributed by atoms with Crippen molar-refractivity contribution >= 4 is 33.8 Å². The van der Waals surface area contributed by atoms with E-state index < -0.39 is 21.9 Å². The van der Waals surface area contributed by atoms with Crippen LogP contribution in [0.2, 0.25) is 0 Å². The van der Waals surface area contributed by atoms with E-state index in [9.17, 15) is 18.0 Å². The highest BCUT2D eigenvalue weighted by Gasteiger charge is 2.14. The molecule has 0 heterocycles. The summed E-state index contributed by atoms with van der Waals surface area (Å²) in [5.41, 5.74) is 5.08. The molecule has 4 aromatic carbocycles. The molecule has 1 amide bonds. The number of nitrogens with one attached hydrogen (secondary N) is 2. The van der Waals surface area contributed by atoms with E-state index in [0.717, 1.165) is 12.0 Å². The molecule has 210 valence electrons. The van der Waals surface area contributed by atoms with Gasteiger partial charge in [0, 0.05) is 11.3 Å². The quantitative estimate of drug-likeness (QED) is 0.105.